The Kier molecular flexibility index (Phi) is 7.67. The molecular weight excluding hydrogens is 314 g/mol. The predicted molar refractivity (Wildman–Crippen MR) is 87.1 cm³/mol. The molecule has 0 bridgehead atoms. The fraction of sp³-hybridized carbons (Fsp3) is 0.529. The van der Waals surface area contributed by atoms with Gasteiger partial charge in [-0.15, -0.1) is 0 Å². The molecule has 1 rings (SSSR count). The molecule has 1 aromatic rings. The highest BCUT2D eigenvalue weighted by Crippen LogP contribution is 2.11. The molecule has 0 spiro atoms. The van der Waals surface area contributed by atoms with E-state index < -0.39 is 36.4 Å². The minimum absolute atomic E-state index is 0.0566. The molecule has 0 aliphatic heterocycles. The van der Waals surface area contributed by atoms with E-state index in [0.29, 0.717) is 0 Å². The monoisotopic (exact) mass is 339 g/mol. The van der Waals surface area contributed by atoms with Crippen molar-refractivity contribution in [2.45, 2.75) is 51.5 Å². The Bertz CT molecular complexity index is 526. The Hall–Kier alpha value is -2.12. The summed E-state index contributed by atoms with van der Waals surface area (Å²) >= 11 is 0. The first-order chi connectivity index (χ1) is 11.2. The van der Waals surface area contributed by atoms with Crippen LogP contribution in [0.4, 0.5) is 4.79 Å². The van der Waals surface area contributed by atoms with Crippen LogP contribution in [0.1, 0.15) is 32.8 Å². The smallest absolute Gasteiger partial charge is 0.407 e. The summed E-state index contributed by atoms with van der Waals surface area (Å²) in [6.45, 7) is 4.59. The van der Waals surface area contributed by atoms with Crippen LogP contribution in [0.3, 0.4) is 0 Å². The Labute approximate surface area is 141 Å². The maximum absolute atomic E-state index is 11.8. The van der Waals surface area contributed by atoms with Crippen LogP contribution in [0, 0.1) is 0 Å². The number of rotatable bonds is 7. The average molecular weight is 339 g/mol. The molecule has 24 heavy (non-hydrogen) atoms. The van der Waals surface area contributed by atoms with E-state index >= 15 is 0 Å². The molecule has 2 unspecified atom stereocenters. The Morgan fingerprint density at radius 1 is 1.21 bits per heavy atom. The molecule has 0 heterocycles. The second-order valence-corrected chi connectivity index (χ2v) is 6.35. The quantitative estimate of drug-likeness (QED) is 0.648. The van der Waals surface area contributed by atoms with Crippen molar-refractivity contribution < 1.29 is 29.3 Å². The van der Waals surface area contributed by atoms with Crippen LogP contribution in [0.5, 0.6) is 0 Å². The molecule has 1 amide bonds. The molecule has 7 nitrogen and oxygen atoms in total. The Balaban J connectivity index is 2.55. The molecular formula is C17H25NO6. The number of carbonyl (C=O) groups is 2. The van der Waals surface area contributed by atoms with Gasteiger partial charge in [-0.1, -0.05) is 30.3 Å². The van der Waals surface area contributed by atoms with Gasteiger partial charge < -0.3 is 25.0 Å². The Morgan fingerprint density at radius 3 is 2.38 bits per heavy atom. The number of esters is 1. The van der Waals surface area contributed by atoms with Crippen molar-refractivity contribution in [1.82, 2.24) is 5.32 Å². The lowest BCUT2D eigenvalue weighted by Crippen LogP contribution is -2.47. The second-order valence-electron chi connectivity index (χ2n) is 6.35. The summed E-state index contributed by atoms with van der Waals surface area (Å²) in [6.07, 6.45) is -2.37. The van der Waals surface area contributed by atoms with Gasteiger partial charge in [0.1, 0.15) is 12.2 Å². The summed E-state index contributed by atoms with van der Waals surface area (Å²) < 4.78 is 10.2. The highest BCUT2D eigenvalue weighted by molar-refractivity contribution is 5.73. The fourth-order valence-corrected chi connectivity index (χ4v) is 1.89. The largest absolute Gasteiger partial charge is 0.460 e. The number of aliphatic hydroxyl groups excluding tert-OH is 2. The van der Waals surface area contributed by atoms with Gasteiger partial charge in [-0.05, 0) is 26.3 Å². The first kappa shape index (κ1) is 19.9. The van der Waals surface area contributed by atoms with Gasteiger partial charge in [-0.25, -0.2) is 4.79 Å². The van der Waals surface area contributed by atoms with Gasteiger partial charge in [-0.2, -0.15) is 0 Å². The first-order valence-corrected chi connectivity index (χ1v) is 7.69. The number of amides is 1. The molecule has 3 N–H and O–H groups in total. The van der Waals surface area contributed by atoms with Gasteiger partial charge in [0.15, 0.2) is 0 Å². The number of alkyl carbamates (subject to hydrolysis) is 1. The van der Waals surface area contributed by atoms with Crippen LogP contribution in [0.15, 0.2) is 30.3 Å². The molecule has 0 aromatic heterocycles. The van der Waals surface area contributed by atoms with E-state index in [9.17, 15) is 14.7 Å². The van der Waals surface area contributed by atoms with Crippen molar-refractivity contribution in [2.24, 2.45) is 0 Å². The summed E-state index contributed by atoms with van der Waals surface area (Å²) in [4.78, 5) is 23.7. The summed E-state index contributed by atoms with van der Waals surface area (Å²) in [6, 6.07) is 8.07. The maximum Gasteiger partial charge on any atom is 0.407 e. The van der Waals surface area contributed by atoms with Gasteiger partial charge in [0.25, 0.3) is 0 Å². The average Bonchev–Trinajstić information content (AvgIpc) is 2.50. The zero-order valence-corrected chi connectivity index (χ0v) is 14.2. The fourth-order valence-electron chi connectivity index (χ4n) is 1.89. The molecule has 1 aromatic carbocycles. The topological polar surface area (TPSA) is 105 Å². The molecule has 134 valence electrons. The molecule has 7 heteroatoms. The van der Waals surface area contributed by atoms with Crippen molar-refractivity contribution in [1.29, 1.82) is 0 Å². The normalized spacial score (nSPS) is 13.7. The highest BCUT2D eigenvalue weighted by Gasteiger charge is 2.27. The lowest BCUT2D eigenvalue weighted by molar-refractivity contribution is -0.156. The zero-order valence-electron chi connectivity index (χ0n) is 14.2. The van der Waals surface area contributed by atoms with E-state index in [2.05, 4.69) is 5.32 Å². The lowest BCUT2D eigenvalue weighted by Gasteiger charge is -2.24. The number of hydrogen-bond acceptors (Lipinski definition) is 6. The summed E-state index contributed by atoms with van der Waals surface area (Å²) in [7, 11) is 0. The van der Waals surface area contributed by atoms with E-state index in [1.165, 1.54) is 0 Å². The summed E-state index contributed by atoms with van der Waals surface area (Å²) in [5, 5.41) is 21.2. The third-order valence-electron chi connectivity index (χ3n) is 2.97. The Morgan fingerprint density at radius 2 is 1.83 bits per heavy atom. The number of ether oxygens (including phenoxy) is 2. The first-order valence-electron chi connectivity index (χ1n) is 7.69. The van der Waals surface area contributed by atoms with Crippen LogP contribution < -0.4 is 5.32 Å². The number of benzene rings is 1. The van der Waals surface area contributed by atoms with Crippen molar-refractivity contribution in [3.05, 3.63) is 35.9 Å². The molecule has 0 saturated carbocycles. The van der Waals surface area contributed by atoms with Crippen LogP contribution in [0.25, 0.3) is 0 Å². The van der Waals surface area contributed by atoms with Gasteiger partial charge in [0.05, 0.1) is 25.2 Å². The van der Waals surface area contributed by atoms with E-state index in [0.717, 1.165) is 5.56 Å². The second kappa shape index (κ2) is 9.24. The number of nitrogens with one attached hydrogen (secondary N) is 1. The molecule has 0 aliphatic carbocycles. The minimum Gasteiger partial charge on any atom is -0.460 e. The van der Waals surface area contributed by atoms with Crippen molar-refractivity contribution >= 4 is 12.1 Å². The van der Waals surface area contributed by atoms with Crippen LogP contribution in [-0.2, 0) is 20.9 Å². The molecule has 0 saturated heterocycles. The SMILES string of the molecule is CC(C)(C)OC(=O)CC(NC(=O)OCc1ccccc1)C(O)CO. The van der Waals surface area contributed by atoms with Crippen LogP contribution >= 0.6 is 0 Å². The van der Waals surface area contributed by atoms with Gasteiger partial charge >= 0.3 is 12.1 Å². The van der Waals surface area contributed by atoms with Gasteiger partial charge in [-0.3, -0.25) is 4.79 Å². The van der Waals surface area contributed by atoms with E-state index in [1.807, 2.05) is 18.2 Å². The van der Waals surface area contributed by atoms with Gasteiger partial charge in [0.2, 0.25) is 0 Å². The molecule has 0 radical (unpaired) electrons. The summed E-state index contributed by atoms with van der Waals surface area (Å²) in [5.41, 5.74) is 0.124. The highest BCUT2D eigenvalue weighted by atomic mass is 16.6. The predicted octanol–water partition coefficient (Wildman–Crippen LogP) is 1.37. The molecule has 0 fully saturated rings. The lowest BCUT2D eigenvalue weighted by atomic mass is 10.1. The van der Waals surface area contributed by atoms with E-state index in [-0.39, 0.29) is 13.0 Å². The van der Waals surface area contributed by atoms with E-state index in [4.69, 9.17) is 14.6 Å². The third kappa shape index (κ3) is 7.94. The zero-order chi connectivity index (χ0) is 18.2. The van der Waals surface area contributed by atoms with Crippen molar-refractivity contribution in [3.8, 4) is 0 Å². The van der Waals surface area contributed by atoms with Gasteiger partial charge in [0, 0.05) is 0 Å². The molecule has 0 aliphatic rings. The third-order valence-corrected chi connectivity index (χ3v) is 2.97. The summed E-state index contributed by atoms with van der Waals surface area (Å²) in [5.74, 6) is -0.594. The standard InChI is InChI=1S/C17H25NO6/c1-17(2,3)24-15(21)9-13(14(20)10-19)18-16(22)23-11-12-7-5-4-6-8-12/h4-8,13-14,19-20H,9-11H2,1-3H3,(H,18,22). The van der Waals surface area contributed by atoms with Crippen molar-refractivity contribution in [3.63, 3.8) is 0 Å². The number of aliphatic hydroxyl groups is 2. The van der Waals surface area contributed by atoms with Crippen LogP contribution in [-0.4, -0.2) is 46.6 Å². The number of hydrogen-bond donors (Lipinski definition) is 3. The number of carbonyl (C=O) groups excluding carboxylic acids is 2. The van der Waals surface area contributed by atoms with Crippen LogP contribution in [0.2, 0.25) is 0 Å². The van der Waals surface area contributed by atoms with Crippen molar-refractivity contribution in [2.75, 3.05) is 6.61 Å². The minimum atomic E-state index is -1.30. The van der Waals surface area contributed by atoms with E-state index in [1.54, 1.807) is 32.9 Å². The maximum atomic E-state index is 11.8. The molecule has 2 atom stereocenters.